The number of benzene rings is 1. The van der Waals surface area contributed by atoms with Crippen molar-refractivity contribution < 1.29 is 23.4 Å². The molecule has 7 heteroatoms. The molecule has 0 aliphatic carbocycles. The van der Waals surface area contributed by atoms with E-state index in [1.807, 2.05) is 42.2 Å². The van der Waals surface area contributed by atoms with E-state index in [0.717, 1.165) is 30.0 Å². The highest BCUT2D eigenvalue weighted by Crippen LogP contribution is 2.27. The fourth-order valence-corrected chi connectivity index (χ4v) is 3.00. The summed E-state index contributed by atoms with van der Waals surface area (Å²) in [6.45, 7) is 4.62. The fraction of sp³-hybridized carbons (Fsp3) is 0.500. The number of carbonyl (C=O) groups excluding carboxylic acids is 1. The number of rotatable bonds is 13. The van der Waals surface area contributed by atoms with Crippen molar-refractivity contribution >= 4 is 5.91 Å². The van der Waals surface area contributed by atoms with Crippen LogP contribution in [0.2, 0.25) is 0 Å². The maximum absolute atomic E-state index is 12.8. The topological polar surface area (TPSA) is 73.2 Å². The molecule has 0 bridgehead atoms. The number of nitrogens with zero attached hydrogens (tertiary/aromatic N) is 1. The Balaban J connectivity index is 1.99. The Bertz CT molecular complexity index is 759. The Labute approximate surface area is 172 Å². The van der Waals surface area contributed by atoms with Crippen LogP contribution in [0.4, 0.5) is 0 Å². The summed E-state index contributed by atoms with van der Waals surface area (Å²) in [6.07, 6.45) is 1.57. The summed E-state index contributed by atoms with van der Waals surface area (Å²) in [5.41, 5.74) is 1.07. The first-order valence-electron chi connectivity index (χ1n) is 9.81. The van der Waals surface area contributed by atoms with Gasteiger partial charge in [0.2, 0.25) is 5.91 Å². The minimum absolute atomic E-state index is 0.0388. The van der Waals surface area contributed by atoms with E-state index < -0.39 is 0 Å². The highest BCUT2D eigenvalue weighted by atomic mass is 16.5. The molecule has 0 fully saturated rings. The third kappa shape index (κ3) is 7.44. The highest BCUT2D eigenvalue weighted by Gasteiger charge is 2.16. The third-order valence-corrected chi connectivity index (χ3v) is 4.59. The van der Waals surface area contributed by atoms with E-state index in [1.54, 1.807) is 21.3 Å². The van der Waals surface area contributed by atoms with Crippen LogP contribution in [0.25, 0.3) is 0 Å². The number of hydrogen-bond donors (Lipinski definition) is 1. The molecule has 1 amide bonds. The Morgan fingerprint density at radius 3 is 2.55 bits per heavy atom. The zero-order chi connectivity index (χ0) is 21.1. The lowest BCUT2D eigenvalue weighted by atomic mass is 10.1. The molecule has 0 spiro atoms. The van der Waals surface area contributed by atoms with Crippen molar-refractivity contribution in [2.75, 3.05) is 47.6 Å². The number of methoxy groups -OCH3 is 3. The van der Waals surface area contributed by atoms with Crippen molar-refractivity contribution in [1.82, 2.24) is 10.2 Å². The number of hydrogen-bond acceptors (Lipinski definition) is 6. The minimum atomic E-state index is 0.0388. The van der Waals surface area contributed by atoms with Crippen LogP contribution in [0.5, 0.6) is 11.5 Å². The van der Waals surface area contributed by atoms with Crippen LogP contribution < -0.4 is 14.8 Å². The van der Waals surface area contributed by atoms with Crippen molar-refractivity contribution in [3.05, 3.63) is 47.4 Å². The van der Waals surface area contributed by atoms with Crippen molar-refractivity contribution in [3.63, 3.8) is 0 Å². The van der Waals surface area contributed by atoms with Gasteiger partial charge in [0.1, 0.15) is 11.5 Å². The van der Waals surface area contributed by atoms with Crippen molar-refractivity contribution in [2.24, 2.45) is 0 Å². The second-order valence-corrected chi connectivity index (χ2v) is 6.79. The Kier molecular flexibility index (Phi) is 9.53. The van der Waals surface area contributed by atoms with Gasteiger partial charge in [-0.1, -0.05) is 6.07 Å². The van der Waals surface area contributed by atoms with E-state index in [-0.39, 0.29) is 12.5 Å². The van der Waals surface area contributed by atoms with E-state index in [4.69, 9.17) is 18.6 Å². The quantitative estimate of drug-likeness (QED) is 0.518. The summed E-state index contributed by atoms with van der Waals surface area (Å²) < 4.78 is 21.4. The van der Waals surface area contributed by atoms with Gasteiger partial charge in [0, 0.05) is 20.3 Å². The lowest BCUT2D eigenvalue weighted by molar-refractivity contribution is -0.131. The van der Waals surface area contributed by atoms with Gasteiger partial charge in [0.25, 0.3) is 0 Å². The molecule has 0 atom stereocenters. The standard InChI is InChI=1S/C22H32N2O5/c1-17-6-8-19(29-17)16-24(22(25)15-23-11-5-13-26-2)12-10-18-7-9-20(27-3)21(14-18)28-4/h6-9,14,23H,5,10-13,15-16H2,1-4H3. The maximum atomic E-state index is 12.8. The first-order chi connectivity index (χ1) is 14.1. The van der Waals surface area contributed by atoms with Gasteiger partial charge in [-0.2, -0.15) is 0 Å². The summed E-state index contributed by atoms with van der Waals surface area (Å²) in [4.78, 5) is 14.6. The summed E-state index contributed by atoms with van der Waals surface area (Å²) >= 11 is 0. The number of amides is 1. The first-order valence-corrected chi connectivity index (χ1v) is 9.81. The van der Waals surface area contributed by atoms with Gasteiger partial charge in [0.15, 0.2) is 11.5 Å². The molecule has 0 unspecified atom stereocenters. The second kappa shape index (κ2) is 12.1. The average molecular weight is 405 g/mol. The summed E-state index contributed by atoms with van der Waals surface area (Å²) in [5.74, 6) is 3.03. The molecule has 0 saturated carbocycles. The van der Waals surface area contributed by atoms with E-state index in [2.05, 4.69) is 5.32 Å². The second-order valence-electron chi connectivity index (χ2n) is 6.79. The molecule has 0 radical (unpaired) electrons. The monoisotopic (exact) mass is 404 g/mol. The van der Waals surface area contributed by atoms with Crippen LogP contribution in [0.1, 0.15) is 23.5 Å². The SMILES string of the molecule is COCCCNCC(=O)N(CCc1ccc(OC)c(OC)c1)Cc1ccc(C)o1. The largest absolute Gasteiger partial charge is 0.493 e. The van der Waals surface area contributed by atoms with Crippen LogP contribution in [-0.4, -0.2) is 58.4 Å². The Morgan fingerprint density at radius 2 is 1.90 bits per heavy atom. The zero-order valence-corrected chi connectivity index (χ0v) is 17.8. The van der Waals surface area contributed by atoms with Crippen LogP contribution in [0, 0.1) is 6.92 Å². The van der Waals surface area contributed by atoms with Crippen LogP contribution in [0.3, 0.4) is 0 Å². The van der Waals surface area contributed by atoms with Crippen LogP contribution in [-0.2, 0) is 22.5 Å². The van der Waals surface area contributed by atoms with E-state index >= 15 is 0 Å². The van der Waals surface area contributed by atoms with Crippen LogP contribution in [0.15, 0.2) is 34.7 Å². The van der Waals surface area contributed by atoms with Crippen LogP contribution >= 0.6 is 0 Å². The maximum Gasteiger partial charge on any atom is 0.236 e. The number of ether oxygens (including phenoxy) is 3. The zero-order valence-electron chi connectivity index (χ0n) is 17.8. The first kappa shape index (κ1) is 22.8. The predicted octanol–water partition coefficient (Wildman–Crippen LogP) is 2.80. The lowest BCUT2D eigenvalue weighted by Gasteiger charge is -2.22. The van der Waals surface area contributed by atoms with Crippen molar-refractivity contribution in [3.8, 4) is 11.5 Å². The van der Waals surface area contributed by atoms with E-state index in [0.29, 0.717) is 37.6 Å². The molecule has 1 heterocycles. The van der Waals surface area contributed by atoms with Gasteiger partial charge in [0.05, 0.1) is 27.3 Å². The molecular formula is C22H32N2O5. The molecular weight excluding hydrogens is 372 g/mol. The van der Waals surface area contributed by atoms with E-state index in [1.165, 1.54) is 0 Å². The summed E-state index contributed by atoms with van der Waals surface area (Å²) in [6, 6.07) is 9.65. The molecule has 0 aliphatic heterocycles. The Morgan fingerprint density at radius 1 is 1.10 bits per heavy atom. The molecule has 1 N–H and O–H groups in total. The number of furan rings is 1. The van der Waals surface area contributed by atoms with Gasteiger partial charge < -0.3 is 28.8 Å². The highest BCUT2D eigenvalue weighted by molar-refractivity contribution is 5.78. The molecule has 160 valence electrons. The molecule has 29 heavy (non-hydrogen) atoms. The summed E-state index contributed by atoms with van der Waals surface area (Å²) in [7, 11) is 4.90. The summed E-state index contributed by atoms with van der Waals surface area (Å²) in [5, 5.41) is 3.18. The normalized spacial score (nSPS) is 10.8. The number of carbonyl (C=O) groups is 1. The molecule has 2 aromatic rings. The molecule has 2 rings (SSSR count). The van der Waals surface area contributed by atoms with Gasteiger partial charge >= 0.3 is 0 Å². The van der Waals surface area contributed by atoms with Gasteiger partial charge in [-0.3, -0.25) is 4.79 Å². The molecule has 0 aliphatic rings. The number of nitrogens with one attached hydrogen (secondary N) is 1. The van der Waals surface area contributed by atoms with Crippen molar-refractivity contribution in [2.45, 2.75) is 26.3 Å². The molecule has 0 saturated heterocycles. The molecule has 1 aromatic carbocycles. The smallest absolute Gasteiger partial charge is 0.236 e. The average Bonchev–Trinajstić information content (AvgIpc) is 3.15. The Hall–Kier alpha value is -2.51. The third-order valence-electron chi connectivity index (χ3n) is 4.59. The van der Waals surface area contributed by atoms with E-state index in [9.17, 15) is 4.79 Å². The minimum Gasteiger partial charge on any atom is -0.493 e. The van der Waals surface area contributed by atoms with Gasteiger partial charge in [-0.15, -0.1) is 0 Å². The van der Waals surface area contributed by atoms with Gasteiger partial charge in [-0.25, -0.2) is 0 Å². The fourth-order valence-electron chi connectivity index (χ4n) is 3.00. The predicted molar refractivity (Wildman–Crippen MR) is 111 cm³/mol. The molecule has 1 aromatic heterocycles. The van der Waals surface area contributed by atoms with Crippen molar-refractivity contribution in [1.29, 1.82) is 0 Å². The number of aryl methyl sites for hydroxylation is 1. The van der Waals surface area contributed by atoms with Gasteiger partial charge in [-0.05, 0) is 56.1 Å². The molecule has 7 nitrogen and oxygen atoms in total. The lowest BCUT2D eigenvalue weighted by Crippen LogP contribution is -2.39.